The fourth-order valence-corrected chi connectivity index (χ4v) is 2.72. The predicted octanol–water partition coefficient (Wildman–Crippen LogP) is 2.88. The van der Waals surface area contributed by atoms with Crippen LogP contribution in [0.2, 0.25) is 0 Å². The predicted molar refractivity (Wildman–Crippen MR) is 83.4 cm³/mol. The molecule has 3 rings (SSSR count). The van der Waals surface area contributed by atoms with E-state index in [-0.39, 0.29) is 12.3 Å². The number of hydrogen-bond acceptors (Lipinski definition) is 3. The monoisotopic (exact) mass is 295 g/mol. The summed E-state index contributed by atoms with van der Waals surface area (Å²) in [4.78, 5) is 26.2. The van der Waals surface area contributed by atoms with Gasteiger partial charge in [0.15, 0.2) is 0 Å². The van der Waals surface area contributed by atoms with Gasteiger partial charge in [0.05, 0.1) is 12.1 Å². The van der Waals surface area contributed by atoms with Crippen LogP contribution in [-0.4, -0.2) is 18.4 Å². The average molecular weight is 295 g/mol. The van der Waals surface area contributed by atoms with Gasteiger partial charge < -0.3 is 9.64 Å². The lowest BCUT2D eigenvalue weighted by molar-refractivity contribution is -0.154. The quantitative estimate of drug-likeness (QED) is 0.815. The SMILES string of the molecule is CCN1C(=O)C(OC(=O)Cc2ccccc2)c2ccccc21. The van der Waals surface area contributed by atoms with Crippen LogP contribution < -0.4 is 4.90 Å². The highest BCUT2D eigenvalue weighted by Crippen LogP contribution is 2.37. The van der Waals surface area contributed by atoms with Crippen molar-refractivity contribution in [3.05, 3.63) is 65.7 Å². The second kappa shape index (κ2) is 6.02. The Morgan fingerprint density at radius 2 is 1.77 bits per heavy atom. The summed E-state index contributed by atoms with van der Waals surface area (Å²) in [5, 5.41) is 0. The highest BCUT2D eigenvalue weighted by Gasteiger charge is 2.38. The van der Waals surface area contributed by atoms with Crippen molar-refractivity contribution in [1.82, 2.24) is 0 Å². The van der Waals surface area contributed by atoms with E-state index in [1.54, 1.807) is 4.90 Å². The van der Waals surface area contributed by atoms with Crippen LogP contribution in [0, 0.1) is 0 Å². The molecule has 0 aromatic heterocycles. The summed E-state index contributed by atoms with van der Waals surface area (Å²) in [7, 11) is 0. The fourth-order valence-electron chi connectivity index (χ4n) is 2.72. The van der Waals surface area contributed by atoms with Crippen molar-refractivity contribution >= 4 is 17.6 Å². The van der Waals surface area contributed by atoms with Crippen LogP contribution in [0.15, 0.2) is 54.6 Å². The molecule has 1 aliphatic heterocycles. The number of carbonyl (C=O) groups is 2. The van der Waals surface area contributed by atoms with Crippen molar-refractivity contribution < 1.29 is 14.3 Å². The van der Waals surface area contributed by atoms with Crippen molar-refractivity contribution in [2.24, 2.45) is 0 Å². The van der Waals surface area contributed by atoms with Gasteiger partial charge in [-0.05, 0) is 18.6 Å². The molecule has 2 aromatic rings. The number of fused-ring (bicyclic) bond motifs is 1. The number of ether oxygens (including phenoxy) is 1. The van der Waals surface area contributed by atoms with E-state index in [0.717, 1.165) is 16.8 Å². The minimum atomic E-state index is -0.827. The Morgan fingerprint density at radius 3 is 2.50 bits per heavy atom. The maximum Gasteiger partial charge on any atom is 0.311 e. The third kappa shape index (κ3) is 2.60. The molecule has 0 fully saturated rings. The topological polar surface area (TPSA) is 46.6 Å². The molecule has 4 nitrogen and oxygen atoms in total. The zero-order chi connectivity index (χ0) is 15.5. The maximum absolute atomic E-state index is 12.4. The number of amides is 1. The van der Waals surface area contributed by atoms with Crippen LogP contribution in [0.1, 0.15) is 24.2 Å². The van der Waals surface area contributed by atoms with Gasteiger partial charge in [0.1, 0.15) is 0 Å². The van der Waals surface area contributed by atoms with Gasteiger partial charge in [-0.15, -0.1) is 0 Å². The lowest BCUT2D eigenvalue weighted by Gasteiger charge is -2.15. The van der Waals surface area contributed by atoms with E-state index in [0.29, 0.717) is 6.54 Å². The Morgan fingerprint density at radius 1 is 1.09 bits per heavy atom. The van der Waals surface area contributed by atoms with Crippen LogP contribution in [0.3, 0.4) is 0 Å². The van der Waals surface area contributed by atoms with Crippen LogP contribution >= 0.6 is 0 Å². The van der Waals surface area contributed by atoms with Crippen LogP contribution in [0.5, 0.6) is 0 Å². The second-order valence-electron chi connectivity index (χ2n) is 5.17. The van der Waals surface area contributed by atoms with Gasteiger partial charge in [-0.2, -0.15) is 0 Å². The first kappa shape index (κ1) is 14.3. The van der Waals surface area contributed by atoms with Gasteiger partial charge >= 0.3 is 5.97 Å². The number of likely N-dealkylation sites (N-methyl/N-ethyl adjacent to an activating group) is 1. The molecule has 0 bridgehead atoms. The van der Waals surface area contributed by atoms with Crippen molar-refractivity contribution in [3.8, 4) is 0 Å². The second-order valence-corrected chi connectivity index (χ2v) is 5.17. The molecule has 112 valence electrons. The van der Waals surface area contributed by atoms with Gasteiger partial charge in [0.25, 0.3) is 5.91 Å². The highest BCUT2D eigenvalue weighted by atomic mass is 16.5. The molecule has 0 saturated heterocycles. The standard InChI is InChI=1S/C18H17NO3/c1-2-19-15-11-7-6-10-14(15)17(18(19)21)22-16(20)12-13-8-4-3-5-9-13/h3-11,17H,2,12H2,1H3. The van der Waals surface area contributed by atoms with E-state index in [2.05, 4.69) is 0 Å². The Bertz CT molecular complexity index is 696. The molecular formula is C18H17NO3. The Labute approximate surface area is 129 Å². The van der Waals surface area contributed by atoms with Gasteiger partial charge in [-0.25, -0.2) is 0 Å². The van der Waals surface area contributed by atoms with E-state index in [9.17, 15) is 9.59 Å². The molecule has 4 heteroatoms. The first-order valence-electron chi connectivity index (χ1n) is 7.34. The molecule has 1 unspecified atom stereocenters. The summed E-state index contributed by atoms with van der Waals surface area (Å²) in [5.41, 5.74) is 2.46. The average Bonchev–Trinajstić information content (AvgIpc) is 2.80. The Hall–Kier alpha value is -2.62. The summed E-state index contributed by atoms with van der Waals surface area (Å²) < 4.78 is 5.46. The molecule has 0 spiro atoms. The third-order valence-corrected chi connectivity index (χ3v) is 3.76. The molecular weight excluding hydrogens is 278 g/mol. The number of nitrogens with zero attached hydrogens (tertiary/aromatic N) is 1. The largest absolute Gasteiger partial charge is 0.447 e. The molecule has 0 N–H and O–H groups in total. The highest BCUT2D eigenvalue weighted by molar-refractivity contribution is 6.04. The minimum Gasteiger partial charge on any atom is -0.447 e. The van der Waals surface area contributed by atoms with Crippen LogP contribution in [-0.2, 0) is 20.7 Å². The number of carbonyl (C=O) groups excluding carboxylic acids is 2. The molecule has 1 amide bonds. The lowest BCUT2D eigenvalue weighted by Crippen LogP contribution is -2.30. The first-order chi connectivity index (χ1) is 10.7. The number of rotatable bonds is 4. The van der Waals surface area contributed by atoms with E-state index in [1.165, 1.54) is 0 Å². The summed E-state index contributed by atoms with van der Waals surface area (Å²) in [6, 6.07) is 16.8. The molecule has 1 heterocycles. The smallest absolute Gasteiger partial charge is 0.311 e. The molecule has 0 radical (unpaired) electrons. The van der Waals surface area contributed by atoms with E-state index >= 15 is 0 Å². The number of anilines is 1. The number of benzene rings is 2. The fraction of sp³-hybridized carbons (Fsp3) is 0.222. The molecule has 1 aliphatic rings. The summed E-state index contributed by atoms with van der Waals surface area (Å²) in [6.07, 6.45) is -0.661. The summed E-state index contributed by atoms with van der Waals surface area (Å²) in [5.74, 6) is -0.567. The zero-order valence-electron chi connectivity index (χ0n) is 12.4. The van der Waals surface area contributed by atoms with Gasteiger partial charge in [0.2, 0.25) is 6.10 Å². The molecule has 1 atom stereocenters. The maximum atomic E-state index is 12.4. The summed E-state index contributed by atoms with van der Waals surface area (Å²) >= 11 is 0. The first-order valence-corrected chi connectivity index (χ1v) is 7.34. The van der Waals surface area contributed by atoms with Crippen LogP contribution in [0.25, 0.3) is 0 Å². The molecule has 22 heavy (non-hydrogen) atoms. The van der Waals surface area contributed by atoms with E-state index in [4.69, 9.17) is 4.74 Å². The molecule has 0 aliphatic carbocycles. The molecule has 0 saturated carbocycles. The Kier molecular flexibility index (Phi) is 3.92. The van der Waals surface area contributed by atoms with Crippen molar-refractivity contribution in [2.45, 2.75) is 19.4 Å². The van der Waals surface area contributed by atoms with Crippen molar-refractivity contribution in [1.29, 1.82) is 0 Å². The van der Waals surface area contributed by atoms with Crippen LogP contribution in [0.4, 0.5) is 5.69 Å². The molecule has 2 aromatic carbocycles. The Balaban J connectivity index is 1.78. The van der Waals surface area contributed by atoms with Gasteiger partial charge in [0, 0.05) is 12.1 Å². The van der Waals surface area contributed by atoms with E-state index in [1.807, 2.05) is 61.5 Å². The van der Waals surface area contributed by atoms with Crippen molar-refractivity contribution in [3.63, 3.8) is 0 Å². The minimum absolute atomic E-state index is 0.166. The third-order valence-electron chi connectivity index (χ3n) is 3.76. The normalized spacial score (nSPS) is 16.5. The van der Waals surface area contributed by atoms with Gasteiger partial charge in [-0.3, -0.25) is 9.59 Å². The lowest BCUT2D eigenvalue weighted by atomic mass is 10.1. The number of para-hydroxylation sites is 1. The number of esters is 1. The summed E-state index contributed by atoms with van der Waals surface area (Å²) in [6.45, 7) is 2.46. The number of hydrogen-bond donors (Lipinski definition) is 0. The van der Waals surface area contributed by atoms with Gasteiger partial charge in [-0.1, -0.05) is 48.5 Å². The zero-order valence-corrected chi connectivity index (χ0v) is 12.4. The van der Waals surface area contributed by atoms with E-state index < -0.39 is 12.1 Å². The van der Waals surface area contributed by atoms with Crippen molar-refractivity contribution in [2.75, 3.05) is 11.4 Å².